The fraction of sp³-hybridized carbons (Fsp3) is 0.357. The van der Waals surface area contributed by atoms with Crippen molar-refractivity contribution in [1.82, 2.24) is 14.6 Å². The van der Waals surface area contributed by atoms with Gasteiger partial charge in [0.05, 0.1) is 10.5 Å². The molecule has 0 spiro atoms. The van der Waals surface area contributed by atoms with Gasteiger partial charge in [0.25, 0.3) is 5.91 Å². The maximum Gasteiger partial charge on any atom is 0.416 e. The molecule has 1 aromatic heterocycles. The molecule has 0 saturated carbocycles. The van der Waals surface area contributed by atoms with Gasteiger partial charge in [0.1, 0.15) is 20.9 Å². The van der Waals surface area contributed by atoms with Crippen LogP contribution in [0.15, 0.2) is 69.9 Å². The van der Waals surface area contributed by atoms with Crippen LogP contribution in [0.4, 0.5) is 24.7 Å². The fourth-order valence-electron chi connectivity index (χ4n) is 4.54. The minimum Gasteiger partial charge on any atom is -0.354 e. The Morgan fingerprint density at radius 3 is 2.45 bits per heavy atom. The minimum atomic E-state index is -4.55. The van der Waals surface area contributed by atoms with Crippen LogP contribution in [0.25, 0.3) is 0 Å². The number of amides is 1. The molecule has 2 aromatic carbocycles. The van der Waals surface area contributed by atoms with Gasteiger partial charge in [-0.2, -0.15) is 13.2 Å². The summed E-state index contributed by atoms with van der Waals surface area (Å²) >= 11 is 5.85. The summed E-state index contributed by atoms with van der Waals surface area (Å²) in [6.07, 6.45) is -3.67. The molecule has 1 aliphatic rings. The smallest absolute Gasteiger partial charge is 0.354 e. The summed E-state index contributed by atoms with van der Waals surface area (Å²) < 4.78 is 59.6. The number of hydrogen-bond acceptors (Lipinski definition) is 7. The van der Waals surface area contributed by atoms with Crippen LogP contribution in [0.5, 0.6) is 0 Å². The minimum absolute atomic E-state index is 0.114. The van der Waals surface area contributed by atoms with Gasteiger partial charge in [-0.25, -0.2) is 17.9 Å². The van der Waals surface area contributed by atoms with Crippen LogP contribution in [-0.4, -0.2) is 65.7 Å². The van der Waals surface area contributed by atoms with E-state index in [2.05, 4.69) is 20.0 Å². The topological polar surface area (TPSA) is 116 Å². The van der Waals surface area contributed by atoms with Crippen molar-refractivity contribution in [1.29, 1.82) is 0 Å². The number of aromatic nitrogens is 1. The summed E-state index contributed by atoms with van der Waals surface area (Å²) in [5.41, 5.74) is 6.67. The summed E-state index contributed by atoms with van der Waals surface area (Å²) in [7, 11) is -1.52. The van der Waals surface area contributed by atoms with Crippen molar-refractivity contribution in [3.8, 4) is 0 Å². The Labute approximate surface area is 248 Å². The molecule has 0 bridgehead atoms. The number of nitrogens with two attached hydrogens (primary N) is 1. The molecule has 14 heteroatoms. The first-order valence-electron chi connectivity index (χ1n) is 13.3. The molecule has 1 aliphatic heterocycles. The number of nitrogens with one attached hydrogen (secondary N) is 2. The molecule has 1 fully saturated rings. The Kier molecular flexibility index (Phi) is 10.4. The van der Waals surface area contributed by atoms with Gasteiger partial charge in [0, 0.05) is 51.0 Å². The monoisotopic (exact) mass is 623 g/mol. The molecule has 1 unspecified atom stereocenters. The van der Waals surface area contributed by atoms with Crippen molar-refractivity contribution < 1.29 is 22.2 Å². The first-order chi connectivity index (χ1) is 20.0. The molecular weight excluding hydrogens is 591 g/mol. The molecule has 4 N–H and O–H groups in total. The van der Waals surface area contributed by atoms with Gasteiger partial charge in [-0.15, -0.1) is 0 Å². The molecule has 42 heavy (non-hydrogen) atoms. The molecule has 3 aromatic rings. The van der Waals surface area contributed by atoms with Crippen molar-refractivity contribution in [2.24, 2.45) is 10.1 Å². The van der Waals surface area contributed by atoms with Crippen LogP contribution in [0.3, 0.4) is 0 Å². The fourth-order valence-corrected chi connectivity index (χ4v) is 6.64. The zero-order valence-corrected chi connectivity index (χ0v) is 24.6. The Hall–Kier alpha value is -3.23. The zero-order valence-electron chi connectivity index (χ0n) is 23.0. The van der Waals surface area contributed by atoms with Crippen LogP contribution < -0.4 is 21.3 Å². The number of anilines is 2. The normalized spacial score (nSPS) is 15.7. The van der Waals surface area contributed by atoms with Crippen LogP contribution in [0.2, 0.25) is 5.15 Å². The lowest BCUT2D eigenvalue weighted by Crippen LogP contribution is -2.48. The third-order valence-electron chi connectivity index (χ3n) is 6.76. The summed E-state index contributed by atoms with van der Waals surface area (Å²) in [5.74, 6) is -0.158. The highest BCUT2D eigenvalue weighted by atomic mass is 35.5. The second kappa shape index (κ2) is 13.8. The predicted molar refractivity (Wildman–Crippen MR) is 159 cm³/mol. The van der Waals surface area contributed by atoms with Crippen LogP contribution in [0.1, 0.15) is 27.9 Å². The predicted octanol–water partition coefficient (Wildman–Crippen LogP) is 4.64. The third kappa shape index (κ3) is 7.78. The SMILES string of the molecule is CN=S(=O)(c1ccc(NC(=O)c2cccc(CNCCCN)c2)cc1)N1CCN(c2cc(C(F)(F)F)cc(Cl)n2)CC1. The number of rotatable bonds is 10. The number of nitrogens with zero attached hydrogens (tertiary/aromatic N) is 4. The van der Waals surface area contributed by atoms with E-state index in [4.69, 9.17) is 17.3 Å². The largest absolute Gasteiger partial charge is 0.416 e. The van der Waals surface area contributed by atoms with E-state index in [9.17, 15) is 22.2 Å². The van der Waals surface area contributed by atoms with Crippen molar-refractivity contribution in [3.05, 3.63) is 82.5 Å². The Balaban J connectivity index is 1.40. The molecule has 4 rings (SSSR count). The van der Waals surface area contributed by atoms with E-state index in [-0.39, 0.29) is 43.1 Å². The number of carbonyl (C=O) groups excluding carboxylic acids is 1. The molecule has 0 radical (unpaired) electrons. The number of benzene rings is 2. The molecule has 226 valence electrons. The molecule has 2 heterocycles. The lowest BCUT2D eigenvalue weighted by molar-refractivity contribution is -0.137. The molecule has 1 amide bonds. The zero-order chi connectivity index (χ0) is 30.3. The molecule has 0 aliphatic carbocycles. The maximum atomic E-state index is 14.0. The lowest BCUT2D eigenvalue weighted by Gasteiger charge is -2.36. The van der Waals surface area contributed by atoms with Crippen molar-refractivity contribution in [2.45, 2.75) is 24.0 Å². The lowest BCUT2D eigenvalue weighted by atomic mass is 10.1. The number of hydrogen-bond donors (Lipinski definition) is 3. The summed E-state index contributed by atoms with van der Waals surface area (Å²) in [5, 5.41) is 5.91. The molecule has 9 nitrogen and oxygen atoms in total. The highest BCUT2D eigenvalue weighted by Crippen LogP contribution is 2.33. The maximum absolute atomic E-state index is 14.0. The molecular formula is C28H33ClF3N7O2S. The van der Waals surface area contributed by atoms with Crippen LogP contribution in [0, 0.1) is 0 Å². The van der Waals surface area contributed by atoms with Crippen molar-refractivity contribution in [2.75, 3.05) is 56.5 Å². The summed E-state index contributed by atoms with van der Waals surface area (Å²) in [4.78, 5) is 19.1. The Bertz CT molecular complexity index is 1500. The average Bonchev–Trinajstić information content (AvgIpc) is 2.99. The van der Waals surface area contributed by atoms with E-state index < -0.39 is 21.7 Å². The standard InChI is InChI=1S/C28H33ClF3N7O2S/c1-34-42(41,39-14-12-38(13-15-39)26-18-22(28(30,31)32)17-25(29)37-26)24-8-6-23(7-9-24)36-27(40)21-5-2-4-20(16-21)19-35-11-3-10-33/h2,4-9,16-18,35H,3,10-15,19,33H2,1H3,(H,36,40). The summed E-state index contributed by atoms with van der Waals surface area (Å²) in [6, 6.07) is 15.7. The number of piperazine rings is 1. The van der Waals surface area contributed by atoms with E-state index in [1.807, 2.05) is 18.2 Å². The number of alkyl halides is 3. The van der Waals surface area contributed by atoms with Crippen molar-refractivity contribution in [3.63, 3.8) is 0 Å². The van der Waals surface area contributed by atoms with Gasteiger partial charge in [-0.05, 0) is 73.6 Å². The number of pyridine rings is 1. The first kappa shape index (κ1) is 31.7. The molecule has 1 saturated heterocycles. The molecule has 1 atom stereocenters. The second-order valence-corrected chi connectivity index (χ2v) is 12.4. The number of carbonyl (C=O) groups is 1. The van der Waals surface area contributed by atoms with Gasteiger partial charge >= 0.3 is 6.18 Å². The van der Waals surface area contributed by atoms with Gasteiger partial charge in [0.15, 0.2) is 0 Å². The van der Waals surface area contributed by atoms with Crippen molar-refractivity contribution >= 4 is 38.9 Å². The quantitative estimate of drug-likeness (QED) is 0.224. The van der Waals surface area contributed by atoms with Gasteiger partial charge in [0.2, 0.25) is 0 Å². The van der Waals surface area contributed by atoms with E-state index in [1.54, 1.807) is 39.5 Å². The van der Waals surface area contributed by atoms with Crippen LogP contribution in [-0.2, 0) is 22.6 Å². The second-order valence-electron chi connectivity index (χ2n) is 9.63. The van der Waals surface area contributed by atoms with E-state index in [1.165, 1.54) is 7.05 Å². The first-order valence-corrected chi connectivity index (χ1v) is 15.2. The van der Waals surface area contributed by atoms with E-state index in [0.29, 0.717) is 29.2 Å². The Morgan fingerprint density at radius 2 is 1.81 bits per heavy atom. The van der Waals surface area contributed by atoms with Crippen LogP contribution >= 0.6 is 11.6 Å². The highest BCUT2D eigenvalue weighted by molar-refractivity contribution is 7.91. The average molecular weight is 624 g/mol. The van der Waals surface area contributed by atoms with Gasteiger partial charge in [-0.1, -0.05) is 23.7 Å². The van der Waals surface area contributed by atoms with E-state index >= 15 is 0 Å². The third-order valence-corrected chi connectivity index (χ3v) is 9.40. The Morgan fingerprint density at radius 1 is 1.10 bits per heavy atom. The van der Waals surface area contributed by atoms with Gasteiger partial charge < -0.3 is 21.3 Å². The summed E-state index contributed by atoms with van der Waals surface area (Å²) in [6.45, 7) is 3.17. The highest BCUT2D eigenvalue weighted by Gasteiger charge is 2.33. The van der Waals surface area contributed by atoms with E-state index in [0.717, 1.165) is 30.7 Å². The van der Waals surface area contributed by atoms with Gasteiger partial charge in [-0.3, -0.25) is 4.79 Å². The number of halogens is 4.